The Kier molecular flexibility index (Phi) is 13.7. The van der Waals surface area contributed by atoms with Gasteiger partial charge in [0.2, 0.25) is 23.6 Å². The minimum absolute atomic E-state index is 0.152. The summed E-state index contributed by atoms with van der Waals surface area (Å²) in [6.07, 6.45) is 5.24. The van der Waals surface area contributed by atoms with Gasteiger partial charge in [0.15, 0.2) is 0 Å². The van der Waals surface area contributed by atoms with Crippen LogP contribution in [0.2, 0.25) is 0 Å². The first-order valence-electron chi connectivity index (χ1n) is 14.3. The third-order valence-electron chi connectivity index (χ3n) is 7.00. The van der Waals surface area contributed by atoms with E-state index in [1.54, 1.807) is 4.90 Å². The van der Waals surface area contributed by atoms with Crippen molar-refractivity contribution >= 4 is 29.9 Å². The lowest BCUT2D eigenvalue weighted by Gasteiger charge is -2.30. The SMILES string of the molecule is CC(C)CCC(=O)N[C@H](Cc1ccccc1)C(=O)N1CCC[C@H]1C(=O)NC(C(=O)NCCCCC=O)C(C)C. The minimum Gasteiger partial charge on any atom is -0.354 e. The molecule has 3 N–H and O–H groups in total. The number of hydrogen-bond donors (Lipinski definition) is 3. The quantitative estimate of drug-likeness (QED) is 0.219. The molecular formula is C30H46N4O5. The molecule has 9 nitrogen and oxygen atoms in total. The third-order valence-corrected chi connectivity index (χ3v) is 7.00. The molecular weight excluding hydrogens is 496 g/mol. The Morgan fingerprint density at radius 1 is 1.03 bits per heavy atom. The van der Waals surface area contributed by atoms with Gasteiger partial charge in [-0.3, -0.25) is 19.2 Å². The van der Waals surface area contributed by atoms with E-state index >= 15 is 0 Å². The Morgan fingerprint density at radius 3 is 2.38 bits per heavy atom. The molecule has 0 bridgehead atoms. The number of benzene rings is 1. The first-order chi connectivity index (χ1) is 18.6. The number of nitrogens with zero attached hydrogens (tertiary/aromatic N) is 1. The number of hydrogen-bond acceptors (Lipinski definition) is 5. The highest BCUT2D eigenvalue weighted by atomic mass is 16.2. The van der Waals surface area contributed by atoms with Gasteiger partial charge >= 0.3 is 0 Å². The molecule has 3 atom stereocenters. The van der Waals surface area contributed by atoms with Crippen molar-refractivity contribution in [3.05, 3.63) is 35.9 Å². The summed E-state index contributed by atoms with van der Waals surface area (Å²) >= 11 is 0. The molecule has 0 saturated carbocycles. The Balaban J connectivity index is 2.10. The number of amides is 4. The average Bonchev–Trinajstić information content (AvgIpc) is 3.40. The van der Waals surface area contributed by atoms with Gasteiger partial charge in [-0.05, 0) is 49.5 Å². The highest BCUT2D eigenvalue weighted by molar-refractivity contribution is 5.94. The minimum atomic E-state index is -0.781. The van der Waals surface area contributed by atoms with Crippen molar-refractivity contribution in [3.8, 4) is 0 Å². The van der Waals surface area contributed by atoms with E-state index in [1.165, 1.54) is 0 Å². The number of nitrogens with one attached hydrogen (secondary N) is 3. The second-order valence-electron chi connectivity index (χ2n) is 11.1. The number of carbonyl (C=O) groups is 5. The number of rotatable bonds is 16. The standard InChI is InChI=1S/C30H46N4O5/c1-21(2)15-16-26(36)32-24(20-23-12-7-5-8-13-23)30(39)34-18-11-14-25(34)28(37)33-27(22(3)4)29(38)31-17-9-6-10-19-35/h5,7-8,12-13,19,21-22,24-25,27H,6,9-11,14-18,20H2,1-4H3,(H,31,38)(H,32,36)(H,33,37)/t24-,25+,27?/m1/s1. The zero-order valence-corrected chi connectivity index (χ0v) is 23.9. The fourth-order valence-corrected chi connectivity index (χ4v) is 4.70. The Hall–Kier alpha value is -3.23. The van der Waals surface area contributed by atoms with Crippen LogP contribution in [0.5, 0.6) is 0 Å². The maximum absolute atomic E-state index is 13.7. The van der Waals surface area contributed by atoms with Gasteiger partial charge in [0.05, 0.1) is 0 Å². The van der Waals surface area contributed by atoms with Crippen LogP contribution in [0.25, 0.3) is 0 Å². The van der Waals surface area contributed by atoms with Gasteiger partial charge in [-0.1, -0.05) is 58.0 Å². The van der Waals surface area contributed by atoms with Gasteiger partial charge in [-0.2, -0.15) is 0 Å². The summed E-state index contributed by atoms with van der Waals surface area (Å²) in [6, 6.07) is 7.29. The van der Waals surface area contributed by atoms with Crippen LogP contribution in [0, 0.1) is 11.8 Å². The Labute approximate surface area is 232 Å². The Bertz CT molecular complexity index is 950. The summed E-state index contributed by atoms with van der Waals surface area (Å²) in [6.45, 7) is 8.66. The van der Waals surface area contributed by atoms with Gasteiger partial charge in [-0.15, -0.1) is 0 Å². The summed E-state index contributed by atoms with van der Waals surface area (Å²) in [5.74, 6) is -0.883. The van der Waals surface area contributed by atoms with Crippen molar-refractivity contribution in [2.24, 2.45) is 11.8 Å². The van der Waals surface area contributed by atoms with Crippen LogP contribution < -0.4 is 16.0 Å². The lowest BCUT2D eigenvalue weighted by molar-refractivity contribution is -0.142. The van der Waals surface area contributed by atoms with Crippen molar-refractivity contribution in [2.75, 3.05) is 13.1 Å². The predicted octanol–water partition coefficient (Wildman–Crippen LogP) is 2.77. The van der Waals surface area contributed by atoms with Crippen molar-refractivity contribution in [2.45, 2.75) is 97.2 Å². The lowest BCUT2D eigenvalue weighted by Crippen LogP contribution is -2.57. The molecule has 216 valence electrons. The molecule has 0 aliphatic carbocycles. The van der Waals surface area contributed by atoms with Gasteiger partial charge in [-0.25, -0.2) is 0 Å². The maximum Gasteiger partial charge on any atom is 0.246 e. The van der Waals surface area contributed by atoms with E-state index < -0.39 is 18.1 Å². The van der Waals surface area contributed by atoms with E-state index in [4.69, 9.17) is 0 Å². The van der Waals surface area contributed by atoms with Crippen molar-refractivity contribution in [1.82, 2.24) is 20.9 Å². The fraction of sp³-hybridized carbons (Fsp3) is 0.633. The molecule has 0 radical (unpaired) electrons. The predicted molar refractivity (Wildman–Crippen MR) is 151 cm³/mol. The van der Waals surface area contributed by atoms with Gasteiger partial charge < -0.3 is 25.6 Å². The fourth-order valence-electron chi connectivity index (χ4n) is 4.70. The first-order valence-corrected chi connectivity index (χ1v) is 14.3. The molecule has 4 amide bonds. The molecule has 2 rings (SSSR count). The van der Waals surface area contributed by atoms with Crippen LogP contribution in [0.1, 0.15) is 78.2 Å². The first kappa shape index (κ1) is 32.0. The number of aldehydes is 1. The lowest BCUT2D eigenvalue weighted by atomic mass is 10.0. The Morgan fingerprint density at radius 2 is 1.74 bits per heavy atom. The second-order valence-corrected chi connectivity index (χ2v) is 11.1. The molecule has 0 aromatic heterocycles. The normalized spacial score (nSPS) is 16.6. The zero-order valence-electron chi connectivity index (χ0n) is 23.9. The van der Waals surface area contributed by atoms with Crippen molar-refractivity contribution in [3.63, 3.8) is 0 Å². The molecule has 1 aromatic carbocycles. The molecule has 1 heterocycles. The molecule has 9 heteroatoms. The summed E-state index contributed by atoms with van der Waals surface area (Å²) < 4.78 is 0. The van der Waals surface area contributed by atoms with Crippen LogP contribution in [0.3, 0.4) is 0 Å². The van der Waals surface area contributed by atoms with Crippen LogP contribution in [-0.4, -0.2) is 66.0 Å². The largest absolute Gasteiger partial charge is 0.354 e. The number of unbranched alkanes of at least 4 members (excludes halogenated alkanes) is 2. The van der Waals surface area contributed by atoms with Gasteiger partial charge in [0, 0.05) is 32.4 Å². The van der Waals surface area contributed by atoms with E-state index in [9.17, 15) is 24.0 Å². The zero-order chi connectivity index (χ0) is 28.8. The van der Waals surface area contributed by atoms with Crippen molar-refractivity contribution in [1.29, 1.82) is 0 Å². The second kappa shape index (κ2) is 16.7. The molecule has 1 unspecified atom stereocenters. The summed E-state index contributed by atoms with van der Waals surface area (Å²) in [7, 11) is 0. The molecule has 39 heavy (non-hydrogen) atoms. The van der Waals surface area contributed by atoms with Crippen LogP contribution >= 0.6 is 0 Å². The summed E-state index contributed by atoms with van der Waals surface area (Å²) in [5, 5.41) is 8.64. The van der Waals surface area contributed by atoms with Gasteiger partial charge in [0.1, 0.15) is 24.4 Å². The number of likely N-dealkylation sites (tertiary alicyclic amines) is 1. The highest BCUT2D eigenvalue weighted by Gasteiger charge is 2.39. The van der Waals surface area contributed by atoms with E-state index in [1.807, 2.05) is 58.0 Å². The molecule has 0 spiro atoms. The van der Waals surface area contributed by atoms with Crippen molar-refractivity contribution < 1.29 is 24.0 Å². The smallest absolute Gasteiger partial charge is 0.246 e. The van der Waals surface area contributed by atoms with Gasteiger partial charge in [0.25, 0.3) is 0 Å². The molecule has 1 saturated heterocycles. The maximum atomic E-state index is 13.7. The average molecular weight is 543 g/mol. The highest BCUT2D eigenvalue weighted by Crippen LogP contribution is 2.21. The van der Waals surface area contributed by atoms with E-state index in [-0.39, 0.29) is 29.5 Å². The third kappa shape index (κ3) is 10.8. The monoisotopic (exact) mass is 542 g/mol. The molecule has 1 aliphatic heterocycles. The molecule has 1 aliphatic rings. The van der Waals surface area contributed by atoms with Crippen LogP contribution in [-0.2, 0) is 30.4 Å². The summed E-state index contributed by atoms with van der Waals surface area (Å²) in [5.41, 5.74) is 0.921. The molecule has 1 aromatic rings. The van der Waals surface area contributed by atoms with E-state index in [2.05, 4.69) is 16.0 Å². The van der Waals surface area contributed by atoms with Crippen LogP contribution in [0.15, 0.2) is 30.3 Å². The molecule has 1 fully saturated rings. The van der Waals surface area contributed by atoms with Crippen LogP contribution in [0.4, 0.5) is 0 Å². The topological polar surface area (TPSA) is 125 Å². The summed E-state index contributed by atoms with van der Waals surface area (Å²) in [4.78, 5) is 64.6. The van der Waals surface area contributed by atoms with E-state index in [0.717, 1.165) is 18.3 Å². The van der Waals surface area contributed by atoms with E-state index in [0.29, 0.717) is 64.0 Å². The number of carbonyl (C=O) groups excluding carboxylic acids is 5.